The van der Waals surface area contributed by atoms with Gasteiger partial charge in [0.15, 0.2) is 0 Å². The van der Waals surface area contributed by atoms with Crippen LogP contribution in [0.2, 0.25) is 0 Å². The van der Waals surface area contributed by atoms with Crippen molar-refractivity contribution >= 4 is 0 Å². The van der Waals surface area contributed by atoms with Crippen LogP contribution in [0.15, 0.2) is 24.3 Å². The number of benzene rings is 1. The first-order valence-electron chi connectivity index (χ1n) is 7.84. The maximum Gasteiger partial charge on any atom is 0.0834 e. The van der Waals surface area contributed by atoms with Gasteiger partial charge in [0.05, 0.1) is 6.10 Å². The lowest BCUT2D eigenvalue weighted by molar-refractivity contribution is 0.0746. The average molecular weight is 274 g/mol. The molecular weight excluding hydrogens is 248 g/mol. The fraction of sp³-hybridized carbons (Fsp3) is 0.647. The highest BCUT2D eigenvalue weighted by Gasteiger charge is 2.36. The summed E-state index contributed by atoms with van der Waals surface area (Å²) in [4.78, 5) is 4.90. The summed E-state index contributed by atoms with van der Waals surface area (Å²) in [6, 6.07) is 9.03. The first-order valence-corrected chi connectivity index (χ1v) is 7.84. The number of hydrogen-bond acceptors (Lipinski definition) is 3. The summed E-state index contributed by atoms with van der Waals surface area (Å²) in [7, 11) is 0. The average Bonchev–Trinajstić information content (AvgIpc) is 2.78. The SMILES string of the molecule is CC(C)CN1C[C@@H](O)[C@H](N2CCc3ccccc3C2)C1. The van der Waals surface area contributed by atoms with E-state index in [9.17, 15) is 5.11 Å². The predicted molar refractivity (Wildman–Crippen MR) is 81.6 cm³/mol. The van der Waals surface area contributed by atoms with E-state index < -0.39 is 0 Å². The molecule has 1 saturated heterocycles. The topological polar surface area (TPSA) is 26.7 Å². The lowest BCUT2D eigenvalue weighted by Gasteiger charge is -2.35. The van der Waals surface area contributed by atoms with Gasteiger partial charge in [-0.05, 0) is 23.5 Å². The van der Waals surface area contributed by atoms with E-state index in [0.29, 0.717) is 12.0 Å². The van der Waals surface area contributed by atoms with E-state index >= 15 is 0 Å². The van der Waals surface area contributed by atoms with Crippen LogP contribution in [-0.2, 0) is 13.0 Å². The van der Waals surface area contributed by atoms with Crippen molar-refractivity contribution in [3.8, 4) is 0 Å². The summed E-state index contributed by atoms with van der Waals surface area (Å²) in [6.45, 7) is 9.51. The van der Waals surface area contributed by atoms with Crippen molar-refractivity contribution in [1.82, 2.24) is 9.80 Å². The largest absolute Gasteiger partial charge is 0.390 e. The molecule has 2 aliphatic heterocycles. The highest BCUT2D eigenvalue weighted by Crippen LogP contribution is 2.25. The Balaban J connectivity index is 1.66. The van der Waals surface area contributed by atoms with Crippen LogP contribution >= 0.6 is 0 Å². The second-order valence-corrected chi connectivity index (χ2v) is 6.74. The Labute approximate surface area is 122 Å². The minimum absolute atomic E-state index is 0.195. The molecule has 3 rings (SSSR count). The second-order valence-electron chi connectivity index (χ2n) is 6.74. The van der Waals surface area contributed by atoms with Gasteiger partial charge in [0.1, 0.15) is 0 Å². The number of fused-ring (bicyclic) bond motifs is 1. The molecule has 0 aliphatic carbocycles. The van der Waals surface area contributed by atoms with E-state index in [2.05, 4.69) is 47.9 Å². The fourth-order valence-corrected chi connectivity index (χ4v) is 3.67. The van der Waals surface area contributed by atoms with Crippen LogP contribution in [-0.4, -0.2) is 53.2 Å². The van der Waals surface area contributed by atoms with E-state index in [1.807, 2.05) is 0 Å². The smallest absolute Gasteiger partial charge is 0.0834 e. The summed E-state index contributed by atoms with van der Waals surface area (Å²) >= 11 is 0. The number of aliphatic hydroxyl groups excluding tert-OH is 1. The summed E-state index contributed by atoms with van der Waals surface area (Å²) in [5, 5.41) is 10.4. The lowest BCUT2D eigenvalue weighted by Crippen LogP contribution is -2.45. The van der Waals surface area contributed by atoms with Crippen LogP contribution in [0.25, 0.3) is 0 Å². The molecule has 2 atom stereocenters. The number of β-amino-alcohol motifs (C(OH)–C–C–N with tert-alkyl or cyclic N) is 1. The fourth-order valence-electron chi connectivity index (χ4n) is 3.67. The van der Waals surface area contributed by atoms with Crippen LogP contribution in [0.1, 0.15) is 25.0 Å². The molecule has 3 nitrogen and oxygen atoms in total. The van der Waals surface area contributed by atoms with Gasteiger partial charge in [0.25, 0.3) is 0 Å². The van der Waals surface area contributed by atoms with Crippen molar-refractivity contribution in [1.29, 1.82) is 0 Å². The molecule has 0 spiro atoms. The molecule has 110 valence electrons. The van der Waals surface area contributed by atoms with E-state index in [0.717, 1.165) is 39.1 Å². The molecule has 0 aromatic heterocycles. The van der Waals surface area contributed by atoms with Gasteiger partial charge < -0.3 is 5.11 Å². The quantitative estimate of drug-likeness (QED) is 0.909. The Morgan fingerprint density at radius 2 is 1.95 bits per heavy atom. The monoisotopic (exact) mass is 274 g/mol. The van der Waals surface area contributed by atoms with Gasteiger partial charge in [0, 0.05) is 38.8 Å². The first-order chi connectivity index (χ1) is 9.63. The van der Waals surface area contributed by atoms with Crippen LogP contribution in [0, 0.1) is 5.92 Å². The van der Waals surface area contributed by atoms with Crippen LogP contribution in [0.4, 0.5) is 0 Å². The van der Waals surface area contributed by atoms with Crippen molar-refractivity contribution in [3.63, 3.8) is 0 Å². The standard InChI is InChI=1S/C17H26N2O/c1-13(2)9-18-11-16(17(20)12-18)19-8-7-14-5-3-4-6-15(14)10-19/h3-6,13,16-17,20H,7-12H2,1-2H3/t16-,17-/m1/s1. The van der Waals surface area contributed by atoms with Crippen LogP contribution < -0.4 is 0 Å². The zero-order valence-corrected chi connectivity index (χ0v) is 12.6. The molecule has 1 aromatic rings. The van der Waals surface area contributed by atoms with Gasteiger partial charge in [-0.25, -0.2) is 0 Å². The predicted octanol–water partition coefficient (Wildman–Crippen LogP) is 1.75. The molecule has 1 fully saturated rings. The summed E-state index contributed by atoms with van der Waals surface area (Å²) in [5.74, 6) is 0.669. The molecule has 0 radical (unpaired) electrons. The molecule has 1 N–H and O–H groups in total. The first kappa shape index (κ1) is 14.1. The maximum absolute atomic E-state index is 10.4. The Kier molecular flexibility index (Phi) is 4.11. The minimum Gasteiger partial charge on any atom is -0.390 e. The molecule has 0 unspecified atom stereocenters. The van der Waals surface area contributed by atoms with Crippen molar-refractivity contribution < 1.29 is 5.11 Å². The van der Waals surface area contributed by atoms with Gasteiger partial charge in [0.2, 0.25) is 0 Å². The molecule has 2 heterocycles. The normalized spacial score (nSPS) is 28.0. The third-order valence-electron chi connectivity index (χ3n) is 4.59. The van der Waals surface area contributed by atoms with Crippen molar-refractivity contribution in [2.75, 3.05) is 26.2 Å². The van der Waals surface area contributed by atoms with Gasteiger partial charge in [-0.1, -0.05) is 38.1 Å². The van der Waals surface area contributed by atoms with Crippen molar-refractivity contribution in [3.05, 3.63) is 35.4 Å². The second kappa shape index (κ2) is 5.84. The third kappa shape index (κ3) is 2.90. The van der Waals surface area contributed by atoms with Gasteiger partial charge in [-0.3, -0.25) is 9.80 Å². The van der Waals surface area contributed by atoms with E-state index in [1.54, 1.807) is 0 Å². The Morgan fingerprint density at radius 3 is 2.70 bits per heavy atom. The summed E-state index contributed by atoms with van der Waals surface area (Å²) in [6.07, 6.45) is 0.919. The van der Waals surface area contributed by atoms with Crippen LogP contribution in [0.3, 0.4) is 0 Å². The molecule has 0 bridgehead atoms. The highest BCUT2D eigenvalue weighted by atomic mass is 16.3. The number of aliphatic hydroxyl groups is 1. The molecule has 0 amide bonds. The van der Waals surface area contributed by atoms with Gasteiger partial charge in [-0.15, -0.1) is 0 Å². The zero-order valence-electron chi connectivity index (χ0n) is 12.6. The van der Waals surface area contributed by atoms with Crippen LogP contribution in [0.5, 0.6) is 0 Å². The Hall–Kier alpha value is -0.900. The van der Waals surface area contributed by atoms with Crippen molar-refractivity contribution in [2.24, 2.45) is 5.92 Å². The summed E-state index contributed by atoms with van der Waals surface area (Å²) in [5.41, 5.74) is 2.92. The Morgan fingerprint density at radius 1 is 1.20 bits per heavy atom. The molecule has 2 aliphatic rings. The van der Waals surface area contributed by atoms with E-state index in [4.69, 9.17) is 0 Å². The summed E-state index contributed by atoms with van der Waals surface area (Å²) < 4.78 is 0. The zero-order chi connectivity index (χ0) is 14.1. The number of nitrogens with zero attached hydrogens (tertiary/aromatic N) is 2. The molecule has 1 aromatic carbocycles. The van der Waals surface area contributed by atoms with E-state index in [1.165, 1.54) is 11.1 Å². The minimum atomic E-state index is -0.195. The molecule has 0 saturated carbocycles. The molecule has 3 heteroatoms. The third-order valence-corrected chi connectivity index (χ3v) is 4.59. The maximum atomic E-state index is 10.4. The lowest BCUT2D eigenvalue weighted by atomic mass is 9.98. The van der Waals surface area contributed by atoms with Gasteiger partial charge >= 0.3 is 0 Å². The molecular formula is C17H26N2O. The Bertz CT molecular complexity index is 460. The van der Waals surface area contributed by atoms with Gasteiger partial charge in [-0.2, -0.15) is 0 Å². The highest BCUT2D eigenvalue weighted by molar-refractivity contribution is 5.29. The van der Waals surface area contributed by atoms with E-state index in [-0.39, 0.29) is 6.10 Å². The number of rotatable bonds is 3. The number of hydrogen-bond donors (Lipinski definition) is 1. The van der Waals surface area contributed by atoms with Crippen molar-refractivity contribution in [2.45, 2.75) is 39.0 Å². The molecule has 20 heavy (non-hydrogen) atoms. The number of likely N-dealkylation sites (tertiary alicyclic amines) is 1.